The summed E-state index contributed by atoms with van der Waals surface area (Å²) in [5.41, 5.74) is 3.66. The molecule has 0 aliphatic heterocycles. The van der Waals surface area contributed by atoms with E-state index in [2.05, 4.69) is 39.6 Å². The molecule has 4 rings (SSSR count). The minimum Gasteiger partial charge on any atom is -0.324 e. The molecular weight excluding hydrogens is 430 g/mol. The molecule has 0 fully saturated rings. The number of halogens is 1. The first-order valence-electron chi connectivity index (χ1n) is 9.78. The molecule has 1 amide bonds. The van der Waals surface area contributed by atoms with Crippen molar-refractivity contribution in [1.29, 1.82) is 0 Å². The van der Waals surface area contributed by atoms with Crippen LogP contribution in [0.3, 0.4) is 0 Å². The number of anilines is 1. The van der Waals surface area contributed by atoms with Crippen molar-refractivity contribution in [2.24, 2.45) is 0 Å². The molecule has 0 bridgehead atoms. The van der Waals surface area contributed by atoms with Crippen molar-refractivity contribution in [2.45, 2.75) is 18.5 Å². The highest BCUT2D eigenvalue weighted by Crippen LogP contribution is 2.28. The van der Waals surface area contributed by atoms with Crippen molar-refractivity contribution in [3.63, 3.8) is 0 Å². The van der Waals surface area contributed by atoms with Crippen LogP contribution < -0.4 is 5.32 Å². The second-order valence-corrected chi connectivity index (χ2v) is 8.06. The smallest absolute Gasteiger partial charge is 0.234 e. The van der Waals surface area contributed by atoms with E-state index in [1.807, 2.05) is 41.0 Å². The Balaban J connectivity index is 1.60. The molecule has 156 valence electrons. The van der Waals surface area contributed by atoms with Crippen LogP contribution in [0.4, 0.5) is 5.69 Å². The fourth-order valence-corrected chi connectivity index (χ4v) is 3.98. The lowest BCUT2D eigenvalue weighted by molar-refractivity contribution is -0.113. The minimum atomic E-state index is -0.167. The van der Waals surface area contributed by atoms with Gasteiger partial charge in [0.1, 0.15) is 0 Å². The zero-order valence-corrected chi connectivity index (χ0v) is 18.4. The third kappa shape index (κ3) is 4.95. The number of nitrogens with one attached hydrogen (secondary N) is 1. The second kappa shape index (κ2) is 9.76. The largest absolute Gasteiger partial charge is 0.324 e. The van der Waals surface area contributed by atoms with Gasteiger partial charge in [0.05, 0.1) is 16.5 Å². The van der Waals surface area contributed by atoms with E-state index in [1.54, 1.807) is 24.5 Å². The maximum absolute atomic E-state index is 12.5. The lowest BCUT2D eigenvalue weighted by atomic mass is 10.1. The lowest BCUT2D eigenvalue weighted by Crippen LogP contribution is -2.14. The van der Waals surface area contributed by atoms with Crippen LogP contribution in [0.15, 0.2) is 78.2 Å². The standard InChI is InChI=1S/C23H20ClN5OS/c1-2-16-7-9-18(10-8-16)29-22(17-11-13-25-14-12-17)27-28-23(29)31-15-21(30)26-20-6-4-3-5-19(20)24/h3-14H,2,15H2,1H3,(H,26,30). The topological polar surface area (TPSA) is 72.7 Å². The number of amides is 1. The maximum Gasteiger partial charge on any atom is 0.234 e. The van der Waals surface area contributed by atoms with Gasteiger partial charge in [-0.15, -0.1) is 10.2 Å². The van der Waals surface area contributed by atoms with Gasteiger partial charge in [0.25, 0.3) is 0 Å². The average Bonchev–Trinajstić information content (AvgIpc) is 3.24. The van der Waals surface area contributed by atoms with E-state index in [1.165, 1.54) is 17.3 Å². The number of benzene rings is 2. The number of aryl methyl sites for hydroxylation is 1. The predicted molar refractivity (Wildman–Crippen MR) is 125 cm³/mol. The van der Waals surface area contributed by atoms with E-state index in [4.69, 9.17) is 11.6 Å². The normalized spacial score (nSPS) is 10.8. The van der Waals surface area contributed by atoms with E-state index in [0.717, 1.165) is 17.7 Å². The molecule has 0 spiro atoms. The summed E-state index contributed by atoms with van der Waals surface area (Å²) in [7, 11) is 0. The predicted octanol–water partition coefficient (Wildman–Crippen LogP) is 5.28. The number of rotatable bonds is 7. The Morgan fingerprint density at radius 3 is 2.48 bits per heavy atom. The number of pyridine rings is 1. The van der Waals surface area contributed by atoms with E-state index in [0.29, 0.717) is 21.7 Å². The Bertz CT molecular complexity index is 1180. The fourth-order valence-electron chi connectivity index (χ4n) is 3.04. The molecule has 0 aliphatic rings. The van der Waals surface area contributed by atoms with Gasteiger partial charge in [-0.1, -0.05) is 54.6 Å². The SMILES string of the molecule is CCc1ccc(-n2c(SCC(=O)Nc3ccccc3Cl)nnc2-c2ccncc2)cc1. The summed E-state index contributed by atoms with van der Waals surface area (Å²) in [6.45, 7) is 2.12. The highest BCUT2D eigenvalue weighted by atomic mass is 35.5. The number of thioether (sulfide) groups is 1. The average molecular weight is 450 g/mol. The zero-order chi connectivity index (χ0) is 21.6. The van der Waals surface area contributed by atoms with Gasteiger partial charge in [-0.3, -0.25) is 14.3 Å². The second-order valence-electron chi connectivity index (χ2n) is 6.71. The summed E-state index contributed by atoms with van der Waals surface area (Å²) in [5, 5.41) is 12.7. The molecule has 2 aromatic carbocycles. The van der Waals surface area contributed by atoms with Crippen molar-refractivity contribution < 1.29 is 4.79 Å². The highest BCUT2D eigenvalue weighted by molar-refractivity contribution is 7.99. The molecule has 0 radical (unpaired) electrons. The van der Waals surface area contributed by atoms with Gasteiger partial charge >= 0.3 is 0 Å². The summed E-state index contributed by atoms with van der Waals surface area (Å²) in [6.07, 6.45) is 4.40. The molecular formula is C23H20ClN5OS. The molecule has 0 unspecified atom stereocenters. The van der Waals surface area contributed by atoms with Crippen LogP contribution in [0.1, 0.15) is 12.5 Å². The van der Waals surface area contributed by atoms with E-state index < -0.39 is 0 Å². The third-order valence-electron chi connectivity index (χ3n) is 4.65. The molecule has 2 heterocycles. The Labute approximate surface area is 189 Å². The van der Waals surface area contributed by atoms with Crippen LogP contribution in [0.25, 0.3) is 17.1 Å². The van der Waals surface area contributed by atoms with Crippen LogP contribution >= 0.6 is 23.4 Å². The van der Waals surface area contributed by atoms with Crippen molar-refractivity contribution >= 4 is 35.0 Å². The van der Waals surface area contributed by atoms with Crippen molar-refractivity contribution in [2.75, 3.05) is 11.1 Å². The van der Waals surface area contributed by atoms with Gasteiger partial charge in [0.15, 0.2) is 11.0 Å². The van der Waals surface area contributed by atoms with Gasteiger partial charge in [-0.2, -0.15) is 0 Å². The van der Waals surface area contributed by atoms with Crippen LogP contribution in [0.5, 0.6) is 0 Å². The molecule has 4 aromatic rings. The Morgan fingerprint density at radius 1 is 1.03 bits per heavy atom. The number of para-hydroxylation sites is 1. The van der Waals surface area contributed by atoms with Crippen LogP contribution in [-0.2, 0) is 11.2 Å². The monoisotopic (exact) mass is 449 g/mol. The van der Waals surface area contributed by atoms with Gasteiger partial charge in [-0.25, -0.2) is 0 Å². The Morgan fingerprint density at radius 2 is 1.77 bits per heavy atom. The zero-order valence-electron chi connectivity index (χ0n) is 16.8. The van der Waals surface area contributed by atoms with Crippen LogP contribution in [0, 0.1) is 0 Å². The number of carbonyl (C=O) groups excluding carboxylic acids is 1. The van der Waals surface area contributed by atoms with Gasteiger partial charge in [-0.05, 0) is 48.4 Å². The molecule has 1 N–H and O–H groups in total. The lowest BCUT2D eigenvalue weighted by Gasteiger charge is -2.11. The molecule has 8 heteroatoms. The minimum absolute atomic E-state index is 0.167. The Kier molecular flexibility index (Phi) is 6.64. The van der Waals surface area contributed by atoms with Gasteiger partial charge < -0.3 is 5.32 Å². The summed E-state index contributed by atoms with van der Waals surface area (Å²) in [4.78, 5) is 16.6. The number of hydrogen-bond donors (Lipinski definition) is 1. The quantitative estimate of drug-likeness (QED) is 0.389. The summed E-state index contributed by atoms with van der Waals surface area (Å²) >= 11 is 7.45. The van der Waals surface area contributed by atoms with Crippen molar-refractivity contribution in [3.05, 3.63) is 83.6 Å². The molecule has 0 aliphatic carbocycles. The first kappa shape index (κ1) is 21.1. The molecule has 0 saturated heterocycles. The highest BCUT2D eigenvalue weighted by Gasteiger charge is 2.17. The molecule has 0 saturated carbocycles. The molecule has 0 atom stereocenters. The first-order valence-corrected chi connectivity index (χ1v) is 11.1. The fraction of sp³-hybridized carbons (Fsp3) is 0.130. The molecule has 31 heavy (non-hydrogen) atoms. The number of nitrogens with zero attached hydrogens (tertiary/aromatic N) is 4. The van der Waals surface area contributed by atoms with Gasteiger partial charge in [0.2, 0.25) is 5.91 Å². The van der Waals surface area contributed by atoms with Crippen LogP contribution in [-0.4, -0.2) is 31.4 Å². The summed E-state index contributed by atoms with van der Waals surface area (Å²) < 4.78 is 1.96. The van der Waals surface area contributed by atoms with E-state index >= 15 is 0 Å². The van der Waals surface area contributed by atoms with Crippen LogP contribution in [0.2, 0.25) is 5.02 Å². The Hall–Kier alpha value is -3.16. The number of carbonyl (C=O) groups is 1. The number of aromatic nitrogens is 4. The van der Waals surface area contributed by atoms with E-state index in [9.17, 15) is 4.79 Å². The summed E-state index contributed by atoms with van der Waals surface area (Å²) in [5.74, 6) is 0.701. The molecule has 6 nitrogen and oxygen atoms in total. The third-order valence-corrected chi connectivity index (χ3v) is 5.91. The number of hydrogen-bond acceptors (Lipinski definition) is 5. The first-order chi connectivity index (χ1) is 15.2. The van der Waals surface area contributed by atoms with E-state index in [-0.39, 0.29) is 11.7 Å². The maximum atomic E-state index is 12.5. The van der Waals surface area contributed by atoms with Gasteiger partial charge in [0, 0.05) is 23.6 Å². The van der Waals surface area contributed by atoms with Crippen molar-refractivity contribution in [1.82, 2.24) is 19.7 Å². The summed E-state index contributed by atoms with van der Waals surface area (Å²) in [6, 6.07) is 19.2. The molecule has 2 aromatic heterocycles. The van der Waals surface area contributed by atoms with Crippen molar-refractivity contribution in [3.8, 4) is 17.1 Å².